The summed E-state index contributed by atoms with van der Waals surface area (Å²) in [6.45, 7) is 0. The van der Waals surface area contributed by atoms with Gasteiger partial charge in [0.05, 0.1) is 14.2 Å². The molecule has 0 aliphatic carbocycles. The van der Waals surface area contributed by atoms with Gasteiger partial charge < -0.3 is 25.0 Å². The summed E-state index contributed by atoms with van der Waals surface area (Å²) in [4.78, 5) is 24.3. The average Bonchev–Trinajstić information content (AvgIpc) is 2.67. The van der Waals surface area contributed by atoms with Crippen LogP contribution in [-0.4, -0.2) is 42.4 Å². The molecule has 0 aliphatic rings. The van der Waals surface area contributed by atoms with Crippen molar-refractivity contribution < 1.29 is 29.3 Å². The summed E-state index contributed by atoms with van der Waals surface area (Å²) in [7, 11) is 2.63. The lowest BCUT2D eigenvalue weighted by atomic mass is 10.0. The number of hydrogen-bond donors (Lipinski definition) is 3. The number of carbonyl (C=O) groups is 2. The standard InChI is InChI=1S/C19H21NO6/c1-25-16-11-12(8-9-14(16)21)10-15(22)18(23)20-17(19(24)26-2)13-6-4-3-5-7-13/h3-9,11,15,17,21-22H,10H2,1-2H3,(H,20,23)/t15-,17+/m1/s1. The van der Waals surface area contributed by atoms with E-state index in [4.69, 9.17) is 9.47 Å². The van der Waals surface area contributed by atoms with Crippen molar-refractivity contribution in [3.05, 3.63) is 59.7 Å². The lowest BCUT2D eigenvalue weighted by Gasteiger charge is -2.19. The second kappa shape index (κ2) is 8.87. The summed E-state index contributed by atoms with van der Waals surface area (Å²) >= 11 is 0. The molecular formula is C19H21NO6. The Morgan fingerprint density at radius 1 is 1.12 bits per heavy atom. The van der Waals surface area contributed by atoms with Crippen LogP contribution in [0.3, 0.4) is 0 Å². The molecule has 7 nitrogen and oxygen atoms in total. The van der Waals surface area contributed by atoms with E-state index in [9.17, 15) is 19.8 Å². The van der Waals surface area contributed by atoms with E-state index in [0.29, 0.717) is 11.1 Å². The van der Waals surface area contributed by atoms with Crippen molar-refractivity contribution in [2.24, 2.45) is 0 Å². The first-order chi connectivity index (χ1) is 12.5. The van der Waals surface area contributed by atoms with E-state index in [0.717, 1.165) is 0 Å². The Balaban J connectivity index is 2.10. The molecule has 0 radical (unpaired) electrons. The predicted molar refractivity (Wildman–Crippen MR) is 93.7 cm³/mol. The normalized spacial score (nSPS) is 12.7. The van der Waals surface area contributed by atoms with Gasteiger partial charge in [0.15, 0.2) is 17.5 Å². The molecule has 0 aliphatic heterocycles. The Labute approximate surface area is 151 Å². The second-order valence-corrected chi connectivity index (χ2v) is 5.60. The third-order valence-electron chi connectivity index (χ3n) is 3.83. The quantitative estimate of drug-likeness (QED) is 0.644. The maximum atomic E-state index is 12.3. The van der Waals surface area contributed by atoms with E-state index in [1.165, 1.54) is 26.4 Å². The fourth-order valence-corrected chi connectivity index (χ4v) is 2.45. The van der Waals surface area contributed by atoms with Crippen LogP contribution in [0.5, 0.6) is 11.5 Å². The number of aliphatic hydroxyl groups excluding tert-OH is 1. The number of methoxy groups -OCH3 is 2. The molecule has 0 bridgehead atoms. The number of amides is 1. The summed E-state index contributed by atoms with van der Waals surface area (Å²) in [6.07, 6.45) is -1.40. The van der Waals surface area contributed by atoms with Crippen LogP contribution in [0, 0.1) is 0 Å². The molecule has 0 heterocycles. The summed E-state index contributed by atoms with van der Waals surface area (Å²) in [5.41, 5.74) is 1.14. The van der Waals surface area contributed by atoms with Gasteiger partial charge in [0.2, 0.25) is 5.91 Å². The largest absolute Gasteiger partial charge is 0.504 e. The summed E-state index contributed by atoms with van der Waals surface area (Å²) in [6, 6.07) is 12.1. The van der Waals surface area contributed by atoms with Gasteiger partial charge >= 0.3 is 5.97 Å². The topological polar surface area (TPSA) is 105 Å². The van der Waals surface area contributed by atoms with Gasteiger partial charge in [0.1, 0.15) is 6.10 Å². The van der Waals surface area contributed by atoms with Crippen LogP contribution in [-0.2, 0) is 20.7 Å². The summed E-state index contributed by atoms with van der Waals surface area (Å²) < 4.78 is 9.73. The molecule has 7 heteroatoms. The molecule has 26 heavy (non-hydrogen) atoms. The van der Waals surface area contributed by atoms with Crippen LogP contribution < -0.4 is 10.1 Å². The van der Waals surface area contributed by atoms with Crippen molar-refractivity contribution in [2.45, 2.75) is 18.6 Å². The van der Waals surface area contributed by atoms with E-state index in [2.05, 4.69) is 5.32 Å². The number of ether oxygens (including phenoxy) is 2. The zero-order chi connectivity index (χ0) is 19.1. The molecule has 0 spiro atoms. The van der Waals surface area contributed by atoms with Crippen molar-refractivity contribution in [1.29, 1.82) is 0 Å². The smallest absolute Gasteiger partial charge is 0.333 e. The minimum absolute atomic E-state index is 0.00877. The van der Waals surface area contributed by atoms with Crippen molar-refractivity contribution in [2.75, 3.05) is 14.2 Å². The lowest BCUT2D eigenvalue weighted by Crippen LogP contribution is -2.41. The molecule has 0 saturated carbocycles. The third kappa shape index (κ3) is 4.73. The first kappa shape index (κ1) is 19.3. The molecule has 1 amide bonds. The SMILES string of the molecule is COC(=O)[C@@H](NC(=O)[C@H](O)Cc1ccc(O)c(OC)c1)c1ccccc1. The molecule has 138 valence electrons. The highest BCUT2D eigenvalue weighted by molar-refractivity contribution is 5.87. The van der Waals surface area contributed by atoms with Crippen molar-refractivity contribution in [3.63, 3.8) is 0 Å². The first-order valence-electron chi connectivity index (χ1n) is 7.93. The zero-order valence-corrected chi connectivity index (χ0v) is 14.5. The van der Waals surface area contributed by atoms with Crippen molar-refractivity contribution in [3.8, 4) is 11.5 Å². The van der Waals surface area contributed by atoms with Crippen LogP contribution in [0.4, 0.5) is 0 Å². The molecular weight excluding hydrogens is 338 g/mol. The molecule has 0 aromatic heterocycles. The number of rotatable bonds is 7. The van der Waals surface area contributed by atoms with Gasteiger partial charge in [-0.3, -0.25) is 4.79 Å². The summed E-state index contributed by atoms with van der Waals surface area (Å²) in [5.74, 6) is -1.14. The number of phenols is 1. The highest BCUT2D eigenvalue weighted by atomic mass is 16.5. The Bertz CT molecular complexity index is 762. The molecule has 2 aromatic rings. The number of aromatic hydroxyl groups is 1. The number of phenolic OH excluding ortho intramolecular Hbond substituents is 1. The Kier molecular flexibility index (Phi) is 6.57. The van der Waals surface area contributed by atoms with E-state index < -0.39 is 24.0 Å². The maximum Gasteiger partial charge on any atom is 0.333 e. The minimum Gasteiger partial charge on any atom is -0.504 e. The molecule has 2 rings (SSSR count). The van der Waals surface area contributed by atoms with Crippen molar-refractivity contribution in [1.82, 2.24) is 5.32 Å². The number of benzene rings is 2. The molecule has 2 atom stereocenters. The molecule has 0 fully saturated rings. The number of carbonyl (C=O) groups excluding carboxylic acids is 2. The molecule has 3 N–H and O–H groups in total. The van der Waals surface area contributed by atoms with E-state index >= 15 is 0 Å². The fraction of sp³-hybridized carbons (Fsp3) is 0.263. The highest BCUT2D eigenvalue weighted by Crippen LogP contribution is 2.26. The van der Waals surface area contributed by atoms with Gasteiger partial charge in [-0.1, -0.05) is 36.4 Å². The third-order valence-corrected chi connectivity index (χ3v) is 3.83. The zero-order valence-electron chi connectivity index (χ0n) is 14.5. The average molecular weight is 359 g/mol. The van der Waals surface area contributed by atoms with Crippen LogP contribution in [0.15, 0.2) is 48.5 Å². The minimum atomic E-state index is -1.39. The van der Waals surface area contributed by atoms with Gasteiger partial charge in [-0.05, 0) is 23.3 Å². The second-order valence-electron chi connectivity index (χ2n) is 5.60. The Hall–Kier alpha value is -3.06. The molecule has 0 saturated heterocycles. The van der Waals surface area contributed by atoms with E-state index in [1.54, 1.807) is 36.4 Å². The van der Waals surface area contributed by atoms with Gasteiger partial charge in [0, 0.05) is 6.42 Å². The van der Waals surface area contributed by atoms with E-state index in [1.807, 2.05) is 0 Å². The monoisotopic (exact) mass is 359 g/mol. The van der Waals surface area contributed by atoms with Crippen LogP contribution in [0.25, 0.3) is 0 Å². The number of nitrogens with one attached hydrogen (secondary N) is 1. The number of esters is 1. The lowest BCUT2D eigenvalue weighted by molar-refractivity contribution is -0.146. The predicted octanol–water partition coefficient (Wildman–Crippen LogP) is 1.33. The van der Waals surface area contributed by atoms with Crippen LogP contribution in [0.2, 0.25) is 0 Å². The van der Waals surface area contributed by atoms with Crippen LogP contribution >= 0.6 is 0 Å². The van der Waals surface area contributed by atoms with Crippen molar-refractivity contribution >= 4 is 11.9 Å². The highest BCUT2D eigenvalue weighted by Gasteiger charge is 2.26. The molecule has 2 aromatic carbocycles. The van der Waals surface area contributed by atoms with Gasteiger partial charge in [-0.2, -0.15) is 0 Å². The summed E-state index contributed by atoms with van der Waals surface area (Å²) in [5, 5.41) is 22.3. The first-order valence-corrected chi connectivity index (χ1v) is 7.93. The van der Waals surface area contributed by atoms with Gasteiger partial charge in [0.25, 0.3) is 0 Å². The Morgan fingerprint density at radius 2 is 1.81 bits per heavy atom. The van der Waals surface area contributed by atoms with E-state index in [-0.39, 0.29) is 17.9 Å². The Morgan fingerprint density at radius 3 is 2.42 bits per heavy atom. The van der Waals surface area contributed by atoms with Gasteiger partial charge in [-0.15, -0.1) is 0 Å². The fourth-order valence-electron chi connectivity index (χ4n) is 2.45. The molecule has 0 unspecified atom stereocenters. The number of hydrogen-bond acceptors (Lipinski definition) is 6. The van der Waals surface area contributed by atoms with Gasteiger partial charge in [-0.25, -0.2) is 4.79 Å². The number of aliphatic hydroxyl groups is 1. The maximum absolute atomic E-state index is 12.3. The van der Waals surface area contributed by atoms with Crippen LogP contribution in [0.1, 0.15) is 17.2 Å².